The second kappa shape index (κ2) is 5.30. The standard InChI is InChI=1S/C14H12N2O2/c15-8-13-6-10(9-17)3-4-11(13)7-12-2-1-5-16-14(12)18/h1-6,17H,7,9H2,(H,16,18). The molecule has 90 valence electrons. The van der Waals surface area contributed by atoms with Crippen molar-refractivity contribution in [2.24, 2.45) is 0 Å². The highest BCUT2D eigenvalue weighted by molar-refractivity contribution is 5.42. The molecule has 0 unspecified atom stereocenters. The van der Waals surface area contributed by atoms with Gasteiger partial charge in [0.15, 0.2) is 0 Å². The lowest BCUT2D eigenvalue weighted by molar-refractivity contribution is 0.282. The molecule has 4 nitrogen and oxygen atoms in total. The Morgan fingerprint density at radius 3 is 2.78 bits per heavy atom. The third kappa shape index (κ3) is 2.47. The van der Waals surface area contributed by atoms with E-state index >= 15 is 0 Å². The number of benzene rings is 1. The smallest absolute Gasteiger partial charge is 0.251 e. The summed E-state index contributed by atoms with van der Waals surface area (Å²) in [5.41, 5.74) is 2.44. The van der Waals surface area contributed by atoms with Crippen LogP contribution in [0.5, 0.6) is 0 Å². The number of aliphatic hydroxyl groups excluding tert-OH is 1. The van der Waals surface area contributed by atoms with Gasteiger partial charge in [-0.05, 0) is 23.3 Å². The summed E-state index contributed by atoms with van der Waals surface area (Å²) in [7, 11) is 0. The fraction of sp³-hybridized carbons (Fsp3) is 0.143. The quantitative estimate of drug-likeness (QED) is 0.849. The fourth-order valence-electron chi connectivity index (χ4n) is 1.78. The molecule has 4 heteroatoms. The molecule has 0 spiro atoms. The molecule has 18 heavy (non-hydrogen) atoms. The first kappa shape index (κ1) is 12.1. The molecule has 2 aromatic rings. The first-order valence-corrected chi connectivity index (χ1v) is 5.54. The molecule has 0 radical (unpaired) electrons. The maximum atomic E-state index is 11.6. The number of H-pyrrole nitrogens is 1. The van der Waals surface area contributed by atoms with Gasteiger partial charge in [-0.25, -0.2) is 0 Å². The van der Waals surface area contributed by atoms with Gasteiger partial charge < -0.3 is 10.1 Å². The van der Waals surface area contributed by atoms with Crippen LogP contribution < -0.4 is 5.56 Å². The summed E-state index contributed by atoms with van der Waals surface area (Å²) in [6.07, 6.45) is 1.98. The minimum atomic E-state index is -0.146. The molecule has 0 saturated heterocycles. The van der Waals surface area contributed by atoms with Gasteiger partial charge in [0, 0.05) is 18.2 Å². The minimum Gasteiger partial charge on any atom is -0.392 e. The van der Waals surface area contributed by atoms with Crippen LogP contribution in [-0.2, 0) is 13.0 Å². The monoisotopic (exact) mass is 240 g/mol. The summed E-state index contributed by atoms with van der Waals surface area (Å²) in [5.74, 6) is 0. The average Bonchev–Trinajstić information content (AvgIpc) is 2.41. The highest BCUT2D eigenvalue weighted by Gasteiger charge is 2.06. The Labute approximate surface area is 104 Å². The van der Waals surface area contributed by atoms with E-state index in [9.17, 15) is 4.79 Å². The van der Waals surface area contributed by atoms with Crippen molar-refractivity contribution < 1.29 is 5.11 Å². The van der Waals surface area contributed by atoms with E-state index < -0.39 is 0 Å². The number of pyridine rings is 1. The van der Waals surface area contributed by atoms with Crippen LogP contribution in [0.15, 0.2) is 41.3 Å². The van der Waals surface area contributed by atoms with Crippen LogP contribution in [0.1, 0.15) is 22.3 Å². The minimum absolute atomic E-state index is 0.0963. The number of aliphatic hydroxyl groups is 1. The largest absolute Gasteiger partial charge is 0.392 e. The van der Waals surface area contributed by atoms with Gasteiger partial charge in [0.2, 0.25) is 0 Å². The molecule has 1 aromatic carbocycles. The highest BCUT2D eigenvalue weighted by Crippen LogP contribution is 2.14. The van der Waals surface area contributed by atoms with Gasteiger partial charge in [-0.15, -0.1) is 0 Å². The van der Waals surface area contributed by atoms with E-state index in [-0.39, 0.29) is 12.2 Å². The maximum Gasteiger partial charge on any atom is 0.251 e. The zero-order valence-electron chi connectivity index (χ0n) is 9.68. The van der Waals surface area contributed by atoms with Crippen LogP contribution in [0.25, 0.3) is 0 Å². The molecule has 0 fully saturated rings. The van der Waals surface area contributed by atoms with E-state index in [4.69, 9.17) is 10.4 Å². The molecule has 0 saturated carbocycles. The molecule has 0 bridgehead atoms. The van der Waals surface area contributed by atoms with E-state index in [2.05, 4.69) is 11.1 Å². The van der Waals surface area contributed by atoms with Crippen molar-refractivity contribution in [3.8, 4) is 6.07 Å². The third-order valence-corrected chi connectivity index (χ3v) is 2.76. The summed E-state index contributed by atoms with van der Waals surface area (Å²) in [6, 6.07) is 10.8. The van der Waals surface area contributed by atoms with Gasteiger partial charge in [-0.3, -0.25) is 4.79 Å². The number of aromatic nitrogens is 1. The Morgan fingerprint density at radius 2 is 2.11 bits per heavy atom. The Bertz CT molecular complexity index is 653. The van der Waals surface area contributed by atoms with Crippen LogP contribution in [0, 0.1) is 11.3 Å². The van der Waals surface area contributed by atoms with E-state index in [0.717, 1.165) is 5.56 Å². The molecule has 0 atom stereocenters. The number of nitrogens with one attached hydrogen (secondary N) is 1. The number of nitrogens with zero attached hydrogens (tertiary/aromatic N) is 1. The lowest BCUT2D eigenvalue weighted by Crippen LogP contribution is -2.11. The molecule has 0 aliphatic carbocycles. The van der Waals surface area contributed by atoms with E-state index in [1.807, 2.05) is 0 Å². The molecule has 0 amide bonds. The first-order valence-electron chi connectivity index (χ1n) is 5.54. The number of aromatic amines is 1. The summed E-state index contributed by atoms with van der Waals surface area (Å²) < 4.78 is 0. The molecule has 2 N–H and O–H groups in total. The van der Waals surface area contributed by atoms with Crippen molar-refractivity contribution in [3.05, 3.63) is 69.1 Å². The lowest BCUT2D eigenvalue weighted by atomic mass is 9.99. The second-order valence-electron chi connectivity index (χ2n) is 3.96. The summed E-state index contributed by atoms with van der Waals surface area (Å²) in [4.78, 5) is 14.2. The van der Waals surface area contributed by atoms with Crippen molar-refractivity contribution in [1.82, 2.24) is 4.98 Å². The van der Waals surface area contributed by atoms with Gasteiger partial charge in [0.25, 0.3) is 5.56 Å². The van der Waals surface area contributed by atoms with E-state index in [1.54, 1.807) is 36.5 Å². The summed E-state index contributed by atoms with van der Waals surface area (Å²) in [6.45, 7) is -0.0963. The van der Waals surface area contributed by atoms with Gasteiger partial charge in [0.05, 0.1) is 18.2 Å². The predicted molar refractivity (Wildman–Crippen MR) is 66.9 cm³/mol. The number of hydrogen-bond acceptors (Lipinski definition) is 3. The van der Waals surface area contributed by atoms with Crippen molar-refractivity contribution in [1.29, 1.82) is 5.26 Å². The van der Waals surface area contributed by atoms with Crippen LogP contribution in [-0.4, -0.2) is 10.1 Å². The molecule has 2 rings (SSSR count). The molecule has 0 aliphatic rings. The fourth-order valence-corrected chi connectivity index (χ4v) is 1.78. The second-order valence-corrected chi connectivity index (χ2v) is 3.96. The van der Waals surface area contributed by atoms with Crippen LogP contribution >= 0.6 is 0 Å². The van der Waals surface area contributed by atoms with Crippen molar-refractivity contribution in [3.63, 3.8) is 0 Å². The number of nitriles is 1. The Morgan fingerprint density at radius 1 is 1.28 bits per heavy atom. The molecule has 0 aliphatic heterocycles. The normalized spacial score (nSPS) is 10.0. The van der Waals surface area contributed by atoms with Crippen molar-refractivity contribution in [2.75, 3.05) is 0 Å². The SMILES string of the molecule is N#Cc1cc(CO)ccc1Cc1ccc[nH]c1=O. The van der Waals surface area contributed by atoms with Gasteiger partial charge in [-0.1, -0.05) is 18.2 Å². The zero-order valence-corrected chi connectivity index (χ0v) is 9.68. The topological polar surface area (TPSA) is 76.9 Å². The highest BCUT2D eigenvalue weighted by atomic mass is 16.3. The number of rotatable bonds is 3. The molecule has 1 aromatic heterocycles. The Hall–Kier alpha value is -2.38. The van der Waals surface area contributed by atoms with Crippen LogP contribution in [0.4, 0.5) is 0 Å². The molecular weight excluding hydrogens is 228 g/mol. The Kier molecular flexibility index (Phi) is 3.56. The number of hydrogen-bond donors (Lipinski definition) is 2. The third-order valence-electron chi connectivity index (χ3n) is 2.76. The Balaban J connectivity index is 2.39. The van der Waals surface area contributed by atoms with Gasteiger partial charge in [-0.2, -0.15) is 5.26 Å². The molecule has 1 heterocycles. The van der Waals surface area contributed by atoms with Gasteiger partial charge >= 0.3 is 0 Å². The van der Waals surface area contributed by atoms with Crippen LogP contribution in [0.3, 0.4) is 0 Å². The summed E-state index contributed by atoms with van der Waals surface area (Å²) in [5, 5.41) is 18.1. The van der Waals surface area contributed by atoms with E-state index in [0.29, 0.717) is 23.1 Å². The zero-order chi connectivity index (χ0) is 13.0. The van der Waals surface area contributed by atoms with Gasteiger partial charge in [0.1, 0.15) is 0 Å². The van der Waals surface area contributed by atoms with Crippen LogP contribution in [0.2, 0.25) is 0 Å². The van der Waals surface area contributed by atoms with Crippen molar-refractivity contribution in [2.45, 2.75) is 13.0 Å². The average molecular weight is 240 g/mol. The first-order chi connectivity index (χ1) is 8.74. The van der Waals surface area contributed by atoms with Crippen molar-refractivity contribution >= 4 is 0 Å². The molecular formula is C14H12N2O2. The lowest BCUT2D eigenvalue weighted by Gasteiger charge is -2.05. The maximum absolute atomic E-state index is 11.6. The predicted octanol–water partition coefficient (Wildman–Crippen LogP) is 1.33. The summed E-state index contributed by atoms with van der Waals surface area (Å²) >= 11 is 0. The van der Waals surface area contributed by atoms with E-state index in [1.165, 1.54) is 0 Å².